The molecular formula is C24H26FN3O3. The Morgan fingerprint density at radius 2 is 1.90 bits per heavy atom. The van der Waals surface area contributed by atoms with E-state index in [1.807, 2.05) is 11.0 Å². The number of hydrogen-bond donors (Lipinski definition) is 0. The molecular weight excluding hydrogens is 397 g/mol. The molecule has 1 aliphatic rings. The molecule has 31 heavy (non-hydrogen) atoms. The fraction of sp³-hybridized carbons (Fsp3) is 0.375. The lowest BCUT2D eigenvalue weighted by Crippen LogP contribution is -2.36. The van der Waals surface area contributed by atoms with Gasteiger partial charge in [-0.1, -0.05) is 12.1 Å². The number of halogens is 1. The van der Waals surface area contributed by atoms with Crippen LogP contribution in [0.2, 0.25) is 0 Å². The predicted molar refractivity (Wildman–Crippen MR) is 115 cm³/mol. The molecule has 3 heterocycles. The Balaban J connectivity index is 1.53. The van der Waals surface area contributed by atoms with Crippen LogP contribution in [0.4, 0.5) is 4.39 Å². The molecule has 0 saturated carbocycles. The average Bonchev–Trinajstić information content (AvgIpc) is 3.11. The van der Waals surface area contributed by atoms with Crippen LogP contribution in [0, 0.1) is 5.82 Å². The van der Waals surface area contributed by atoms with Gasteiger partial charge in [-0.05, 0) is 54.7 Å². The Bertz CT molecular complexity index is 1090. The maximum absolute atomic E-state index is 13.3. The lowest BCUT2D eigenvalue weighted by molar-refractivity contribution is -0.141. The number of benzene rings is 1. The lowest BCUT2D eigenvalue weighted by atomic mass is 10.0. The monoisotopic (exact) mass is 423 g/mol. The molecule has 0 N–H and O–H groups in total. The van der Waals surface area contributed by atoms with E-state index in [1.54, 1.807) is 18.3 Å². The van der Waals surface area contributed by atoms with Crippen LogP contribution in [0.15, 0.2) is 42.6 Å². The first-order valence-electron chi connectivity index (χ1n) is 10.6. The first-order chi connectivity index (χ1) is 15.1. The van der Waals surface area contributed by atoms with Gasteiger partial charge in [0.05, 0.1) is 13.7 Å². The van der Waals surface area contributed by atoms with E-state index in [4.69, 9.17) is 0 Å². The number of pyridine rings is 1. The van der Waals surface area contributed by atoms with Crippen molar-refractivity contribution in [1.82, 2.24) is 14.5 Å². The number of methoxy groups -OCH3 is 1. The van der Waals surface area contributed by atoms with E-state index in [1.165, 1.54) is 24.8 Å². The van der Waals surface area contributed by atoms with Crippen molar-refractivity contribution in [2.45, 2.75) is 45.2 Å². The van der Waals surface area contributed by atoms with Gasteiger partial charge in [-0.25, -0.2) is 9.37 Å². The van der Waals surface area contributed by atoms with Gasteiger partial charge in [0.2, 0.25) is 5.91 Å². The first kappa shape index (κ1) is 21.0. The van der Waals surface area contributed by atoms with Gasteiger partial charge in [-0.2, -0.15) is 0 Å². The van der Waals surface area contributed by atoms with Gasteiger partial charge >= 0.3 is 5.97 Å². The molecule has 2 aromatic heterocycles. The quantitative estimate of drug-likeness (QED) is 0.428. The summed E-state index contributed by atoms with van der Waals surface area (Å²) in [6.45, 7) is 1.78. The van der Waals surface area contributed by atoms with Crippen LogP contribution in [-0.2, 0) is 33.8 Å². The SMILES string of the molecule is COC(=O)CCCCC(=O)N1CCc2c(n(Cc3ccc(F)cc3)c3ncccc23)C1. The Morgan fingerprint density at radius 3 is 2.68 bits per heavy atom. The first-order valence-corrected chi connectivity index (χ1v) is 10.6. The molecule has 0 spiro atoms. The van der Waals surface area contributed by atoms with Gasteiger partial charge in [-0.3, -0.25) is 9.59 Å². The van der Waals surface area contributed by atoms with Crippen molar-refractivity contribution in [2.24, 2.45) is 0 Å². The Kier molecular flexibility index (Phi) is 6.30. The van der Waals surface area contributed by atoms with Crippen molar-refractivity contribution in [1.29, 1.82) is 0 Å². The van der Waals surface area contributed by atoms with Crippen LogP contribution in [0.25, 0.3) is 11.0 Å². The summed E-state index contributed by atoms with van der Waals surface area (Å²) in [5.41, 5.74) is 4.20. The van der Waals surface area contributed by atoms with Crippen LogP contribution in [-0.4, -0.2) is 40.0 Å². The molecule has 0 bridgehead atoms. The van der Waals surface area contributed by atoms with Crippen LogP contribution in [0.3, 0.4) is 0 Å². The highest BCUT2D eigenvalue weighted by Crippen LogP contribution is 2.31. The van der Waals surface area contributed by atoms with Gasteiger partial charge in [0.25, 0.3) is 0 Å². The van der Waals surface area contributed by atoms with E-state index in [2.05, 4.69) is 20.4 Å². The standard InChI is InChI=1S/C24H26FN3O3/c1-31-23(30)7-3-2-6-22(29)27-14-12-19-20-5-4-13-26-24(20)28(21(19)16-27)15-17-8-10-18(25)11-9-17/h4-5,8-11,13H,2-3,6-7,12,14-16H2,1H3. The van der Waals surface area contributed by atoms with Gasteiger partial charge in [0.15, 0.2) is 0 Å². The highest BCUT2D eigenvalue weighted by atomic mass is 19.1. The average molecular weight is 423 g/mol. The van der Waals surface area contributed by atoms with Crippen molar-refractivity contribution in [3.05, 3.63) is 65.2 Å². The maximum Gasteiger partial charge on any atom is 0.305 e. The van der Waals surface area contributed by atoms with Crippen LogP contribution in [0.1, 0.15) is 42.5 Å². The number of hydrogen-bond acceptors (Lipinski definition) is 4. The summed E-state index contributed by atoms with van der Waals surface area (Å²) in [7, 11) is 1.37. The van der Waals surface area contributed by atoms with Crippen LogP contribution >= 0.6 is 0 Å². The van der Waals surface area contributed by atoms with E-state index < -0.39 is 0 Å². The molecule has 162 valence electrons. The minimum atomic E-state index is -0.259. The third kappa shape index (κ3) is 4.60. The van der Waals surface area contributed by atoms with Gasteiger partial charge < -0.3 is 14.2 Å². The number of unbranched alkanes of at least 4 members (excludes halogenated alkanes) is 1. The summed E-state index contributed by atoms with van der Waals surface area (Å²) in [6, 6.07) is 10.5. The fourth-order valence-electron chi connectivity index (χ4n) is 4.22. The predicted octanol–water partition coefficient (Wildman–Crippen LogP) is 3.84. The zero-order valence-electron chi connectivity index (χ0n) is 17.6. The number of esters is 1. The molecule has 4 rings (SSSR count). The van der Waals surface area contributed by atoms with Crippen LogP contribution in [0.5, 0.6) is 0 Å². The molecule has 0 radical (unpaired) electrons. The number of fused-ring (bicyclic) bond motifs is 3. The largest absolute Gasteiger partial charge is 0.469 e. The maximum atomic E-state index is 13.3. The fourth-order valence-corrected chi connectivity index (χ4v) is 4.22. The summed E-state index contributed by atoms with van der Waals surface area (Å²) in [6.07, 6.45) is 4.62. The number of nitrogens with zero attached hydrogens (tertiary/aromatic N) is 3. The zero-order valence-corrected chi connectivity index (χ0v) is 17.6. The van der Waals surface area contributed by atoms with E-state index in [9.17, 15) is 14.0 Å². The molecule has 3 aromatic rings. The second kappa shape index (κ2) is 9.29. The molecule has 0 aliphatic carbocycles. The van der Waals surface area contributed by atoms with Gasteiger partial charge in [-0.15, -0.1) is 0 Å². The number of carbonyl (C=O) groups is 2. The highest BCUT2D eigenvalue weighted by molar-refractivity contribution is 5.84. The van der Waals surface area contributed by atoms with Crippen molar-refractivity contribution < 1.29 is 18.7 Å². The number of amides is 1. The van der Waals surface area contributed by atoms with E-state index in [0.29, 0.717) is 45.3 Å². The number of rotatable bonds is 7. The van der Waals surface area contributed by atoms with E-state index >= 15 is 0 Å². The molecule has 0 unspecified atom stereocenters. The molecule has 1 aliphatic heterocycles. The third-order valence-corrected chi connectivity index (χ3v) is 5.87. The van der Waals surface area contributed by atoms with Crippen molar-refractivity contribution in [3.63, 3.8) is 0 Å². The molecule has 1 aromatic carbocycles. The summed E-state index contributed by atoms with van der Waals surface area (Å²) in [5.74, 6) is -0.403. The number of aromatic nitrogens is 2. The van der Waals surface area contributed by atoms with Gasteiger partial charge in [0.1, 0.15) is 11.5 Å². The van der Waals surface area contributed by atoms with Crippen molar-refractivity contribution >= 4 is 22.9 Å². The summed E-state index contributed by atoms with van der Waals surface area (Å²) >= 11 is 0. The minimum Gasteiger partial charge on any atom is -0.469 e. The second-order valence-electron chi connectivity index (χ2n) is 7.86. The van der Waals surface area contributed by atoms with E-state index in [0.717, 1.165) is 28.7 Å². The van der Waals surface area contributed by atoms with Crippen molar-refractivity contribution in [3.8, 4) is 0 Å². The summed E-state index contributed by atoms with van der Waals surface area (Å²) in [4.78, 5) is 30.5. The van der Waals surface area contributed by atoms with Crippen molar-refractivity contribution in [2.75, 3.05) is 13.7 Å². The van der Waals surface area contributed by atoms with Crippen LogP contribution < -0.4 is 0 Å². The Hall–Kier alpha value is -3.22. The minimum absolute atomic E-state index is 0.0991. The normalized spacial score (nSPS) is 13.3. The molecule has 7 heteroatoms. The Labute approximate surface area is 180 Å². The summed E-state index contributed by atoms with van der Waals surface area (Å²) < 4.78 is 20.1. The third-order valence-electron chi connectivity index (χ3n) is 5.87. The van der Waals surface area contributed by atoms with E-state index in [-0.39, 0.29) is 17.7 Å². The molecule has 0 atom stereocenters. The second-order valence-corrected chi connectivity index (χ2v) is 7.86. The molecule has 1 amide bonds. The summed E-state index contributed by atoms with van der Waals surface area (Å²) in [5, 5.41) is 1.12. The molecule has 6 nitrogen and oxygen atoms in total. The molecule has 0 fully saturated rings. The highest BCUT2D eigenvalue weighted by Gasteiger charge is 2.27. The smallest absolute Gasteiger partial charge is 0.305 e. The topological polar surface area (TPSA) is 64.4 Å². The zero-order chi connectivity index (χ0) is 21.8. The lowest BCUT2D eigenvalue weighted by Gasteiger charge is -2.28. The number of carbonyl (C=O) groups excluding carboxylic acids is 2. The number of ether oxygens (including phenoxy) is 1. The van der Waals surface area contributed by atoms with Gasteiger partial charge in [0, 0.05) is 43.2 Å². The molecule has 0 saturated heterocycles. The Morgan fingerprint density at radius 1 is 1.13 bits per heavy atom.